The first-order valence-corrected chi connectivity index (χ1v) is 14.4. The molecule has 2 aliphatic heterocycles. The van der Waals surface area contributed by atoms with Crippen molar-refractivity contribution < 1.29 is 53.8 Å². The van der Waals surface area contributed by atoms with Crippen LogP contribution in [0.3, 0.4) is 0 Å². The van der Waals surface area contributed by atoms with Crippen LogP contribution in [0.5, 0.6) is 5.75 Å². The number of carboxylic acid groups (broad SMARTS) is 1. The van der Waals surface area contributed by atoms with Gasteiger partial charge in [0.1, 0.15) is 17.2 Å². The standard InChI is InChI=1S/C30H36N2O5S.Na/c1-4-16-37-22-14-8-12-21(18-22)30(15-9-13-20(30)17-19-10-6-5-7-11-19)28(36)31-23-25(33)32-24(27(34)35)29(2,3)38-26(23)32;/h5-8,10-12,14,18,20,23-24,26H,4,9,13,15-17H2,1-3H3,(H,31,36)(H,34,35);/q;+1/p-1. The number of β-lactam (4-membered cyclic amide) rings is 1. The number of hydrogen-bond donors (Lipinski definition) is 1. The molecule has 1 N–H and O–H groups in total. The second kappa shape index (κ2) is 11.9. The Morgan fingerprint density at radius 1 is 1.15 bits per heavy atom. The van der Waals surface area contributed by atoms with Crippen molar-refractivity contribution in [3.63, 3.8) is 0 Å². The quantitative estimate of drug-likeness (QED) is 0.345. The number of aliphatic carboxylic acids is 1. The third kappa shape index (κ3) is 5.37. The number of carbonyl (C=O) groups is 3. The second-order valence-electron chi connectivity index (χ2n) is 11.2. The van der Waals surface area contributed by atoms with Crippen molar-refractivity contribution in [1.82, 2.24) is 10.2 Å². The Balaban J connectivity index is 0.00000353. The van der Waals surface area contributed by atoms with Crippen LogP contribution in [0.15, 0.2) is 54.6 Å². The fourth-order valence-corrected chi connectivity index (χ4v) is 8.16. The minimum Gasteiger partial charge on any atom is -0.548 e. The normalized spacial score (nSPS) is 28.7. The molecule has 3 fully saturated rings. The van der Waals surface area contributed by atoms with E-state index < -0.39 is 33.6 Å². The maximum Gasteiger partial charge on any atom is 1.00 e. The molecule has 9 heteroatoms. The minimum atomic E-state index is -1.26. The molecule has 0 aromatic heterocycles. The molecule has 2 aromatic carbocycles. The predicted molar refractivity (Wildman–Crippen MR) is 144 cm³/mol. The first-order valence-electron chi connectivity index (χ1n) is 13.5. The van der Waals surface area contributed by atoms with Crippen LogP contribution >= 0.6 is 11.8 Å². The van der Waals surface area contributed by atoms with Gasteiger partial charge in [-0.2, -0.15) is 0 Å². The van der Waals surface area contributed by atoms with E-state index in [1.165, 1.54) is 22.2 Å². The maximum atomic E-state index is 14.3. The number of nitrogens with zero attached hydrogens (tertiary/aromatic N) is 1. The molecule has 0 radical (unpaired) electrons. The number of carboxylic acids is 1. The summed E-state index contributed by atoms with van der Waals surface area (Å²) < 4.78 is 5.22. The number of carbonyl (C=O) groups excluding carboxylic acids is 3. The van der Waals surface area contributed by atoms with Crippen LogP contribution in [0.25, 0.3) is 0 Å². The van der Waals surface area contributed by atoms with Gasteiger partial charge >= 0.3 is 29.6 Å². The molecule has 0 spiro atoms. The van der Waals surface area contributed by atoms with Crippen molar-refractivity contribution in [1.29, 1.82) is 0 Å². The number of rotatable bonds is 9. The zero-order chi connectivity index (χ0) is 27.1. The zero-order valence-electron chi connectivity index (χ0n) is 23.1. The van der Waals surface area contributed by atoms with Gasteiger partial charge in [-0.15, -0.1) is 11.8 Å². The number of nitrogens with one attached hydrogen (secondary N) is 1. The van der Waals surface area contributed by atoms with Gasteiger partial charge in [-0.25, -0.2) is 0 Å². The van der Waals surface area contributed by atoms with Gasteiger partial charge in [0.15, 0.2) is 0 Å². The summed E-state index contributed by atoms with van der Waals surface area (Å²) in [6.45, 7) is 6.26. The largest absolute Gasteiger partial charge is 1.00 e. The zero-order valence-corrected chi connectivity index (χ0v) is 26.0. The third-order valence-electron chi connectivity index (χ3n) is 8.32. The second-order valence-corrected chi connectivity index (χ2v) is 12.9. The summed E-state index contributed by atoms with van der Waals surface area (Å²) in [5.74, 6) is -1.01. The monoisotopic (exact) mass is 558 g/mol. The molecule has 2 heterocycles. The summed E-state index contributed by atoms with van der Waals surface area (Å²) in [5.41, 5.74) is 1.25. The van der Waals surface area contributed by atoms with Crippen LogP contribution in [-0.2, 0) is 26.2 Å². The Morgan fingerprint density at radius 2 is 1.90 bits per heavy atom. The van der Waals surface area contributed by atoms with E-state index >= 15 is 0 Å². The topological polar surface area (TPSA) is 98.8 Å². The van der Waals surface area contributed by atoms with Crippen molar-refractivity contribution in [2.45, 2.75) is 80.5 Å². The number of fused-ring (bicyclic) bond motifs is 1. The fourth-order valence-electron chi connectivity index (χ4n) is 6.54. The summed E-state index contributed by atoms with van der Waals surface area (Å²) >= 11 is 1.41. The number of ether oxygens (including phenoxy) is 1. The molecule has 5 atom stereocenters. The van der Waals surface area contributed by atoms with Gasteiger partial charge in [0, 0.05) is 4.75 Å². The van der Waals surface area contributed by atoms with E-state index in [9.17, 15) is 19.5 Å². The Kier molecular flexibility index (Phi) is 9.11. The summed E-state index contributed by atoms with van der Waals surface area (Å²) in [4.78, 5) is 40.7. The molecular formula is C30H35N2NaO5S. The van der Waals surface area contributed by atoms with Crippen molar-refractivity contribution in [2.75, 3.05) is 6.61 Å². The van der Waals surface area contributed by atoms with Crippen LogP contribution in [-0.4, -0.2) is 51.5 Å². The molecule has 202 valence electrons. The molecule has 0 bridgehead atoms. The Hall–Kier alpha value is -2.00. The van der Waals surface area contributed by atoms with Gasteiger partial charge in [0.05, 0.1) is 24.0 Å². The van der Waals surface area contributed by atoms with Crippen LogP contribution in [0.1, 0.15) is 57.6 Å². The molecule has 5 unspecified atom stereocenters. The van der Waals surface area contributed by atoms with Crippen molar-refractivity contribution in [3.8, 4) is 5.75 Å². The molecular weight excluding hydrogens is 523 g/mol. The summed E-state index contributed by atoms with van der Waals surface area (Å²) in [5, 5.41) is 14.5. The first-order chi connectivity index (χ1) is 18.2. The van der Waals surface area contributed by atoms with E-state index in [4.69, 9.17) is 4.74 Å². The van der Waals surface area contributed by atoms with Crippen LogP contribution in [0.4, 0.5) is 0 Å². The van der Waals surface area contributed by atoms with Crippen molar-refractivity contribution in [3.05, 3.63) is 65.7 Å². The minimum absolute atomic E-state index is 0. The van der Waals surface area contributed by atoms with E-state index in [1.807, 2.05) is 42.5 Å². The Labute approximate surface area is 256 Å². The van der Waals surface area contributed by atoms with Crippen LogP contribution < -0.4 is 44.7 Å². The van der Waals surface area contributed by atoms with Crippen molar-refractivity contribution >= 4 is 29.5 Å². The smallest absolute Gasteiger partial charge is 0.548 e. The summed E-state index contributed by atoms with van der Waals surface area (Å²) in [7, 11) is 0. The van der Waals surface area contributed by atoms with Crippen molar-refractivity contribution in [2.24, 2.45) is 5.92 Å². The number of hydrogen-bond acceptors (Lipinski definition) is 6. The number of benzene rings is 2. The summed E-state index contributed by atoms with van der Waals surface area (Å²) in [6, 6.07) is 16.2. The van der Waals surface area contributed by atoms with E-state index in [0.717, 1.165) is 37.0 Å². The molecule has 39 heavy (non-hydrogen) atoms. The average molecular weight is 559 g/mol. The maximum absolute atomic E-state index is 14.3. The fraction of sp³-hybridized carbons (Fsp3) is 0.500. The van der Waals surface area contributed by atoms with Gasteiger partial charge in [0.2, 0.25) is 11.8 Å². The van der Waals surface area contributed by atoms with E-state index in [0.29, 0.717) is 13.0 Å². The molecule has 2 aromatic rings. The third-order valence-corrected chi connectivity index (χ3v) is 9.90. The van der Waals surface area contributed by atoms with E-state index in [1.54, 1.807) is 13.8 Å². The van der Waals surface area contributed by atoms with Gasteiger partial charge in [-0.3, -0.25) is 9.59 Å². The average Bonchev–Trinajstić information content (AvgIpc) is 3.43. The number of thioether (sulfide) groups is 1. The van der Waals surface area contributed by atoms with Gasteiger partial charge in [0.25, 0.3) is 0 Å². The van der Waals surface area contributed by atoms with Crippen LogP contribution in [0, 0.1) is 5.92 Å². The molecule has 1 aliphatic carbocycles. The van der Waals surface area contributed by atoms with E-state index in [-0.39, 0.29) is 47.3 Å². The van der Waals surface area contributed by atoms with Gasteiger partial charge in [-0.05, 0) is 68.7 Å². The number of amides is 2. The SMILES string of the molecule is CCCOc1cccc(C2(C(=O)NC3C(=O)N4C3SC(C)(C)C4C(=O)[O-])CCCC2Cc2ccccc2)c1.[Na+]. The van der Waals surface area contributed by atoms with Gasteiger partial charge < -0.3 is 24.9 Å². The summed E-state index contributed by atoms with van der Waals surface area (Å²) in [6.07, 6.45) is 4.09. The van der Waals surface area contributed by atoms with Gasteiger partial charge in [-0.1, -0.05) is 55.8 Å². The molecule has 7 nitrogen and oxygen atoms in total. The predicted octanol–water partition coefficient (Wildman–Crippen LogP) is 0.0570. The Bertz CT molecular complexity index is 1220. The molecule has 2 saturated heterocycles. The van der Waals surface area contributed by atoms with E-state index in [2.05, 4.69) is 24.4 Å². The Morgan fingerprint density at radius 3 is 2.59 bits per heavy atom. The molecule has 2 amide bonds. The van der Waals surface area contributed by atoms with Crippen LogP contribution in [0.2, 0.25) is 0 Å². The molecule has 3 aliphatic rings. The molecule has 5 rings (SSSR count). The first kappa shape index (κ1) is 30.0. The molecule has 1 saturated carbocycles.